The summed E-state index contributed by atoms with van der Waals surface area (Å²) in [5.41, 5.74) is 3.20. The number of benzene rings is 1. The SMILES string of the molecule is Cc1cccc2nc(NC(=O)c3ccnc(-n4cnnn4)c3)n(C3CCCCN(C(=O)/C=C/CN(C)C)C3)c12. The van der Waals surface area contributed by atoms with Gasteiger partial charge in [-0.3, -0.25) is 14.9 Å². The van der Waals surface area contributed by atoms with Crippen LogP contribution in [0.15, 0.2) is 55.0 Å². The molecular weight excluding hydrogens is 496 g/mol. The Morgan fingerprint density at radius 1 is 1.21 bits per heavy atom. The first-order valence-corrected chi connectivity index (χ1v) is 13.0. The predicted molar refractivity (Wildman–Crippen MR) is 147 cm³/mol. The molecule has 2 amide bonds. The van der Waals surface area contributed by atoms with Gasteiger partial charge in [0.25, 0.3) is 5.91 Å². The van der Waals surface area contributed by atoms with Gasteiger partial charge in [-0.25, -0.2) is 9.97 Å². The summed E-state index contributed by atoms with van der Waals surface area (Å²) in [5, 5.41) is 14.1. The number of imidazole rings is 1. The van der Waals surface area contributed by atoms with E-state index in [0.717, 1.165) is 35.9 Å². The summed E-state index contributed by atoms with van der Waals surface area (Å²) < 4.78 is 3.49. The molecule has 4 aromatic rings. The van der Waals surface area contributed by atoms with Crippen LogP contribution in [0.25, 0.3) is 16.9 Å². The van der Waals surface area contributed by atoms with Gasteiger partial charge in [0.05, 0.1) is 17.1 Å². The number of carbonyl (C=O) groups excluding carboxylic acids is 2. The lowest BCUT2D eigenvalue weighted by Crippen LogP contribution is -2.35. The number of nitrogens with one attached hydrogen (secondary N) is 1. The number of carbonyl (C=O) groups is 2. The Balaban J connectivity index is 1.46. The maximum Gasteiger partial charge on any atom is 0.258 e. The zero-order valence-corrected chi connectivity index (χ0v) is 22.4. The second-order valence-electron chi connectivity index (χ2n) is 9.96. The van der Waals surface area contributed by atoms with Crippen molar-refractivity contribution in [3.05, 3.63) is 66.1 Å². The molecule has 1 aromatic carbocycles. The zero-order chi connectivity index (χ0) is 27.4. The Hall–Kier alpha value is -4.45. The average Bonchev–Trinajstić information content (AvgIpc) is 3.52. The molecule has 1 fully saturated rings. The number of amides is 2. The van der Waals surface area contributed by atoms with Gasteiger partial charge in [0, 0.05) is 37.5 Å². The van der Waals surface area contributed by atoms with Crippen molar-refractivity contribution in [2.24, 2.45) is 0 Å². The van der Waals surface area contributed by atoms with Crippen LogP contribution in [0, 0.1) is 6.92 Å². The van der Waals surface area contributed by atoms with Crippen molar-refractivity contribution in [1.29, 1.82) is 0 Å². The summed E-state index contributed by atoms with van der Waals surface area (Å²) in [7, 11) is 3.94. The van der Waals surface area contributed by atoms with Gasteiger partial charge in [0.2, 0.25) is 11.9 Å². The second kappa shape index (κ2) is 11.5. The molecule has 1 N–H and O–H groups in total. The molecule has 0 spiro atoms. The van der Waals surface area contributed by atoms with Gasteiger partial charge < -0.3 is 14.4 Å². The number of likely N-dealkylation sites (N-methyl/N-ethyl adjacent to an activating group) is 1. The van der Waals surface area contributed by atoms with Crippen molar-refractivity contribution >= 4 is 28.8 Å². The van der Waals surface area contributed by atoms with Gasteiger partial charge in [0.1, 0.15) is 6.33 Å². The van der Waals surface area contributed by atoms with Crippen molar-refractivity contribution in [3.8, 4) is 5.82 Å². The summed E-state index contributed by atoms with van der Waals surface area (Å²) in [4.78, 5) is 39.5. The van der Waals surface area contributed by atoms with Crippen molar-refractivity contribution in [3.63, 3.8) is 0 Å². The third-order valence-corrected chi connectivity index (χ3v) is 6.78. The van der Waals surface area contributed by atoms with E-state index in [1.807, 2.05) is 55.1 Å². The lowest BCUT2D eigenvalue weighted by atomic mass is 10.1. The highest BCUT2D eigenvalue weighted by atomic mass is 16.2. The molecule has 4 heterocycles. The van der Waals surface area contributed by atoms with Crippen molar-refractivity contribution in [1.82, 2.24) is 44.5 Å². The predicted octanol–water partition coefficient (Wildman–Crippen LogP) is 2.64. The quantitative estimate of drug-likeness (QED) is 0.363. The van der Waals surface area contributed by atoms with Gasteiger partial charge in [-0.15, -0.1) is 5.10 Å². The fourth-order valence-corrected chi connectivity index (χ4v) is 4.89. The van der Waals surface area contributed by atoms with E-state index in [1.165, 1.54) is 17.2 Å². The van der Waals surface area contributed by atoms with Crippen molar-refractivity contribution < 1.29 is 9.59 Å². The van der Waals surface area contributed by atoms with E-state index >= 15 is 0 Å². The number of likely N-dealkylation sites (tertiary alicyclic amines) is 1. The molecule has 1 saturated heterocycles. The molecule has 39 heavy (non-hydrogen) atoms. The van der Waals surface area contributed by atoms with E-state index in [0.29, 0.717) is 37.0 Å². The second-order valence-corrected chi connectivity index (χ2v) is 9.96. The highest BCUT2D eigenvalue weighted by Gasteiger charge is 2.27. The van der Waals surface area contributed by atoms with Gasteiger partial charge in [-0.1, -0.05) is 18.2 Å². The fourth-order valence-electron chi connectivity index (χ4n) is 4.89. The van der Waals surface area contributed by atoms with Crippen LogP contribution in [0.3, 0.4) is 0 Å². The van der Waals surface area contributed by atoms with Crippen molar-refractivity contribution in [2.75, 3.05) is 39.0 Å². The molecule has 1 aliphatic rings. The minimum absolute atomic E-state index is 0.00222. The van der Waals surface area contributed by atoms with E-state index in [-0.39, 0.29) is 17.9 Å². The molecule has 1 atom stereocenters. The lowest BCUT2D eigenvalue weighted by molar-refractivity contribution is -0.126. The highest BCUT2D eigenvalue weighted by molar-refractivity contribution is 6.04. The van der Waals surface area contributed by atoms with Crippen LogP contribution in [0.2, 0.25) is 0 Å². The molecule has 1 aliphatic heterocycles. The normalized spacial score (nSPS) is 16.2. The first-order valence-electron chi connectivity index (χ1n) is 13.0. The van der Waals surface area contributed by atoms with E-state index in [9.17, 15) is 9.59 Å². The summed E-state index contributed by atoms with van der Waals surface area (Å²) in [6.45, 7) is 3.98. The topological polar surface area (TPSA) is 127 Å². The van der Waals surface area contributed by atoms with Crippen LogP contribution < -0.4 is 5.32 Å². The molecule has 12 nitrogen and oxygen atoms in total. The summed E-state index contributed by atoms with van der Waals surface area (Å²) in [6, 6.07) is 9.15. The molecule has 1 unspecified atom stereocenters. The number of rotatable bonds is 7. The molecule has 0 bridgehead atoms. The largest absolute Gasteiger partial charge is 0.337 e. The van der Waals surface area contributed by atoms with E-state index in [2.05, 4.69) is 30.4 Å². The standard InChI is InChI=1S/C27H32N10O2/c1-19-8-6-10-22-25(19)37(21-9-4-5-15-35(17-21)24(38)11-7-14-34(2)3)27(30-22)31-26(39)20-12-13-28-23(16-20)36-18-29-32-33-36/h6-8,10-13,16,18,21H,4-5,9,14-15,17H2,1-3H3,(H,30,31,39)/b11-7+. The summed E-state index contributed by atoms with van der Waals surface area (Å²) in [5.74, 6) is 0.557. The average molecular weight is 529 g/mol. The van der Waals surface area contributed by atoms with Crippen LogP contribution in [0.1, 0.15) is 41.2 Å². The third-order valence-electron chi connectivity index (χ3n) is 6.78. The van der Waals surface area contributed by atoms with Crippen LogP contribution in [-0.4, -0.2) is 90.1 Å². The Bertz CT molecular complexity index is 1490. The Labute approximate surface area is 226 Å². The lowest BCUT2D eigenvalue weighted by Gasteiger charge is -2.26. The van der Waals surface area contributed by atoms with Gasteiger partial charge in [-0.05, 0) is 74.5 Å². The number of anilines is 1. The number of nitrogens with zero attached hydrogens (tertiary/aromatic N) is 9. The smallest absolute Gasteiger partial charge is 0.258 e. The molecule has 0 radical (unpaired) electrons. The number of hydrogen-bond donors (Lipinski definition) is 1. The molecule has 12 heteroatoms. The molecule has 5 rings (SSSR count). The molecule has 202 valence electrons. The Morgan fingerprint density at radius 3 is 2.87 bits per heavy atom. The minimum atomic E-state index is -0.325. The van der Waals surface area contributed by atoms with Crippen LogP contribution in [0.5, 0.6) is 0 Å². The maximum atomic E-state index is 13.4. The third kappa shape index (κ3) is 5.85. The monoisotopic (exact) mass is 528 g/mol. The van der Waals surface area contributed by atoms with Crippen LogP contribution >= 0.6 is 0 Å². The molecule has 0 aliphatic carbocycles. The zero-order valence-electron chi connectivity index (χ0n) is 22.4. The molecular formula is C27H32N10O2. The minimum Gasteiger partial charge on any atom is -0.337 e. The van der Waals surface area contributed by atoms with Gasteiger partial charge in [-0.2, -0.15) is 4.68 Å². The number of aryl methyl sites for hydroxylation is 1. The maximum absolute atomic E-state index is 13.4. The number of aromatic nitrogens is 7. The number of para-hydroxylation sites is 1. The number of hydrogen-bond acceptors (Lipinski definition) is 8. The summed E-state index contributed by atoms with van der Waals surface area (Å²) in [6.07, 6.45) is 9.27. The highest BCUT2D eigenvalue weighted by Crippen LogP contribution is 2.32. The van der Waals surface area contributed by atoms with Crippen molar-refractivity contribution in [2.45, 2.75) is 32.2 Å². The molecule has 0 saturated carbocycles. The van der Waals surface area contributed by atoms with E-state index < -0.39 is 0 Å². The van der Waals surface area contributed by atoms with Crippen LogP contribution in [-0.2, 0) is 4.79 Å². The Morgan fingerprint density at radius 2 is 2.08 bits per heavy atom. The van der Waals surface area contributed by atoms with Gasteiger partial charge >= 0.3 is 0 Å². The number of tetrazole rings is 1. The fraction of sp³-hybridized carbons (Fsp3) is 0.370. The molecule has 3 aromatic heterocycles. The Kier molecular flexibility index (Phi) is 7.73. The number of fused-ring (bicyclic) bond motifs is 1. The van der Waals surface area contributed by atoms with E-state index in [4.69, 9.17) is 4.98 Å². The summed E-state index contributed by atoms with van der Waals surface area (Å²) >= 11 is 0. The van der Waals surface area contributed by atoms with Crippen LogP contribution in [0.4, 0.5) is 5.95 Å². The number of pyridine rings is 1. The van der Waals surface area contributed by atoms with Gasteiger partial charge in [0.15, 0.2) is 5.82 Å². The van der Waals surface area contributed by atoms with E-state index in [1.54, 1.807) is 18.2 Å². The first-order chi connectivity index (χ1) is 18.9. The first kappa shape index (κ1) is 26.2.